The van der Waals surface area contributed by atoms with Crippen LogP contribution in [-0.4, -0.2) is 48.1 Å². The molecular formula is C20H23N3O2. The van der Waals surface area contributed by atoms with E-state index in [2.05, 4.69) is 10.3 Å². The highest BCUT2D eigenvalue weighted by atomic mass is 16.5. The Bertz CT molecular complexity index is 750. The topological polar surface area (TPSA) is 54.5 Å². The van der Waals surface area contributed by atoms with Crippen LogP contribution < -0.4 is 5.32 Å². The van der Waals surface area contributed by atoms with Crippen LogP contribution in [0.2, 0.25) is 0 Å². The van der Waals surface area contributed by atoms with Gasteiger partial charge in [-0.15, -0.1) is 0 Å². The molecule has 3 atom stereocenters. The number of amides is 1. The van der Waals surface area contributed by atoms with Gasteiger partial charge in [0.2, 0.25) is 0 Å². The highest BCUT2D eigenvalue weighted by molar-refractivity contribution is 5.94. The van der Waals surface area contributed by atoms with Crippen molar-refractivity contribution in [1.82, 2.24) is 9.88 Å². The van der Waals surface area contributed by atoms with Crippen molar-refractivity contribution >= 4 is 11.7 Å². The van der Waals surface area contributed by atoms with Crippen molar-refractivity contribution in [2.24, 2.45) is 11.8 Å². The molecule has 2 saturated heterocycles. The lowest BCUT2D eigenvalue weighted by atomic mass is 9.93. The van der Waals surface area contributed by atoms with Crippen LogP contribution in [0.1, 0.15) is 15.9 Å². The summed E-state index contributed by atoms with van der Waals surface area (Å²) >= 11 is 0. The molecule has 2 aliphatic rings. The number of aromatic nitrogens is 1. The van der Waals surface area contributed by atoms with Gasteiger partial charge < -0.3 is 15.0 Å². The second kappa shape index (κ2) is 6.84. The SMILES string of the molecule is Cc1cccc(C(=O)N2C[C@@H]3[C@H](CNc4ccccn4)CO[C@@H]3C2)c1. The molecule has 0 saturated carbocycles. The maximum atomic E-state index is 12.8. The largest absolute Gasteiger partial charge is 0.376 e. The maximum Gasteiger partial charge on any atom is 0.253 e. The van der Waals surface area contributed by atoms with Gasteiger partial charge in [0.25, 0.3) is 5.91 Å². The molecule has 1 aromatic heterocycles. The van der Waals surface area contributed by atoms with Crippen molar-refractivity contribution in [3.63, 3.8) is 0 Å². The first-order valence-electron chi connectivity index (χ1n) is 8.83. The summed E-state index contributed by atoms with van der Waals surface area (Å²) in [6.45, 7) is 5.05. The molecule has 3 heterocycles. The Kier molecular flexibility index (Phi) is 4.40. The molecule has 0 bridgehead atoms. The average molecular weight is 337 g/mol. The van der Waals surface area contributed by atoms with Gasteiger partial charge in [-0.3, -0.25) is 4.79 Å². The van der Waals surface area contributed by atoms with Crippen LogP contribution in [0.3, 0.4) is 0 Å². The molecule has 0 radical (unpaired) electrons. The average Bonchev–Trinajstić information content (AvgIpc) is 3.21. The number of anilines is 1. The number of pyridine rings is 1. The zero-order valence-electron chi connectivity index (χ0n) is 14.4. The number of likely N-dealkylation sites (tertiary alicyclic amines) is 1. The fourth-order valence-electron chi connectivity index (χ4n) is 3.84. The zero-order valence-corrected chi connectivity index (χ0v) is 14.4. The van der Waals surface area contributed by atoms with Crippen molar-refractivity contribution in [3.05, 3.63) is 59.8 Å². The Morgan fingerprint density at radius 2 is 2.20 bits per heavy atom. The summed E-state index contributed by atoms with van der Waals surface area (Å²) in [5.74, 6) is 1.79. The van der Waals surface area contributed by atoms with Gasteiger partial charge in [-0.05, 0) is 31.2 Å². The molecule has 130 valence electrons. The summed E-state index contributed by atoms with van der Waals surface area (Å²) in [4.78, 5) is 19.0. The van der Waals surface area contributed by atoms with Crippen LogP contribution in [0.5, 0.6) is 0 Å². The Morgan fingerprint density at radius 1 is 1.28 bits per heavy atom. The summed E-state index contributed by atoms with van der Waals surface area (Å²) in [5.41, 5.74) is 1.88. The Balaban J connectivity index is 1.38. The molecule has 2 aromatic rings. The predicted octanol–water partition coefficient (Wildman–Crippen LogP) is 2.59. The molecule has 5 nitrogen and oxygen atoms in total. The van der Waals surface area contributed by atoms with E-state index >= 15 is 0 Å². The second-order valence-electron chi connectivity index (χ2n) is 6.97. The molecule has 25 heavy (non-hydrogen) atoms. The van der Waals surface area contributed by atoms with Gasteiger partial charge in [0, 0.05) is 43.2 Å². The van der Waals surface area contributed by atoms with Crippen LogP contribution in [0.25, 0.3) is 0 Å². The highest BCUT2D eigenvalue weighted by Gasteiger charge is 2.45. The van der Waals surface area contributed by atoms with Gasteiger partial charge in [-0.25, -0.2) is 4.98 Å². The smallest absolute Gasteiger partial charge is 0.253 e. The van der Waals surface area contributed by atoms with Crippen molar-refractivity contribution < 1.29 is 9.53 Å². The van der Waals surface area contributed by atoms with Gasteiger partial charge in [-0.1, -0.05) is 23.8 Å². The number of fused-ring (bicyclic) bond motifs is 1. The molecule has 0 aliphatic carbocycles. The number of benzene rings is 1. The van der Waals surface area contributed by atoms with Gasteiger partial charge >= 0.3 is 0 Å². The number of aryl methyl sites for hydroxylation is 1. The van der Waals surface area contributed by atoms with Gasteiger partial charge in [0.15, 0.2) is 0 Å². The lowest BCUT2D eigenvalue weighted by molar-refractivity contribution is 0.0680. The normalized spacial score (nSPS) is 25.0. The maximum absolute atomic E-state index is 12.8. The van der Waals surface area contributed by atoms with E-state index in [1.54, 1.807) is 6.20 Å². The lowest BCUT2D eigenvalue weighted by Crippen LogP contribution is -2.32. The van der Waals surface area contributed by atoms with Gasteiger partial charge in [-0.2, -0.15) is 0 Å². The number of carbonyl (C=O) groups excluding carboxylic acids is 1. The molecule has 1 amide bonds. The van der Waals surface area contributed by atoms with Gasteiger partial charge in [0.05, 0.1) is 12.7 Å². The third-order valence-electron chi connectivity index (χ3n) is 5.20. The van der Waals surface area contributed by atoms with Crippen molar-refractivity contribution in [3.8, 4) is 0 Å². The Morgan fingerprint density at radius 3 is 3.00 bits per heavy atom. The summed E-state index contributed by atoms with van der Waals surface area (Å²) in [6, 6.07) is 13.7. The first-order valence-corrected chi connectivity index (χ1v) is 8.83. The van der Waals surface area contributed by atoms with E-state index in [-0.39, 0.29) is 12.0 Å². The minimum absolute atomic E-state index is 0.109. The van der Waals surface area contributed by atoms with E-state index in [1.807, 2.05) is 54.3 Å². The monoisotopic (exact) mass is 337 g/mol. The standard InChI is InChI=1S/C20H23N3O2/c1-14-5-4-6-15(9-14)20(24)23-11-17-16(13-25-18(17)12-23)10-22-19-7-2-3-8-21-19/h2-9,16-18H,10-13H2,1H3,(H,21,22)/t16-,17-,18-/m1/s1. The minimum Gasteiger partial charge on any atom is -0.376 e. The molecular weight excluding hydrogens is 314 g/mol. The predicted molar refractivity (Wildman–Crippen MR) is 96.5 cm³/mol. The van der Waals surface area contributed by atoms with E-state index in [0.717, 1.165) is 36.6 Å². The zero-order chi connectivity index (χ0) is 17.2. The quantitative estimate of drug-likeness (QED) is 0.932. The molecule has 1 aromatic carbocycles. The van der Waals surface area contributed by atoms with E-state index < -0.39 is 0 Å². The number of rotatable bonds is 4. The number of nitrogens with one attached hydrogen (secondary N) is 1. The van der Waals surface area contributed by atoms with E-state index in [9.17, 15) is 4.79 Å². The number of nitrogens with zero attached hydrogens (tertiary/aromatic N) is 2. The molecule has 2 fully saturated rings. The molecule has 5 heteroatoms. The molecule has 2 aliphatic heterocycles. The van der Waals surface area contributed by atoms with Crippen molar-refractivity contribution in [2.75, 3.05) is 31.6 Å². The molecule has 1 N–H and O–H groups in total. The Hall–Kier alpha value is -2.40. The fourth-order valence-corrected chi connectivity index (χ4v) is 3.84. The van der Waals surface area contributed by atoms with Crippen molar-refractivity contribution in [2.45, 2.75) is 13.0 Å². The first kappa shape index (κ1) is 16.1. The number of ether oxygens (including phenoxy) is 1. The fraction of sp³-hybridized carbons (Fsp3) is 0.400. The molecule has 0 spiro atoms. The first-order chi connectivity index (χ1) is 12.2. The van der Waals surface area contributed by atoms with Crippen LogP contribution >= 0.6 is 0 Å². The van der Waals surface area contributed by atoms with Crippen molar-refractivity contribution in [1.29, 1.82) is 0 Å². The van der Waals surface area contributed by atoms with Crippen LogP contribution in [0.15, 0.2) is 48.7 Å². The van der Waals surface area contributed by atoms with Crippen LogP contribution in [0, 0.1) is 18.8 Å². The lowest BCUT2D eigenvalue weighted by Gasteiger charge is -2.20. The molecule has 0 unspecified atom stereocenters. The van der Waals surface area contributed by atoms with E-state index in [4.69, 9.17) is 4.74 Å². The minimum atomic E-state index is 0.109. The summed E-state index contributed by atoms with van der Waals surface area (Å²) in [7, 11) is 0. The summed E-state index contributed by atoms with van der Waals surface area (Å²) in [6.07, 6.45) is 1.94. The van der Waals surface area contributed by atoms with E-state index in [1.165, 1.54) is 0 Å². The molecule has 4 rings (SSSR count). The van der Waals surface area contributed by atoms with Crippen LogP contribution in [-0.2, 0) is 4.74 Å². The van der Waals surface area contributed by atoms with E-state index in [0.29, 0.717) is 18.4 Å². The highest BCUT2D eigenvalue weighted by Crippen LogP contribution is 2.34. The number of hydrogen-bond donors (Lipinski definition) is 1. The summed E-state index contributed by atoms with van der Waals surface area (Å²) < 4.78 is 5.96. The number of hydrogen-bond acceptors (Lipinski definition) is 4. The Labute approximate surface area is 148 Å². The third-order valence-corrected chi connectivity index (χ3v) is 5.20. The summed E-state index contributed by atoms with van der Waals surface area (Å²) in [5, 5.41) is 3.39. The third kappa shape index (κ3) is 3.37. The second-order valence-corrected chi connectivity index (χ2v) is 6.97. The van der Waals surface area contributed by atoms with Gasteiger partial charge in [0.1, 0.15) is 5.82 Å². The van der Waals surface area contributed by atoms with Crippen LogP contribution in [0.4, 0.5) is 5.82 Å². The number of carbonyl (C=O) groups is 1.